The first-order valence-electron chi connectivity index (χ1n) is 18.8. The van der Waals surface area contributed by atoms with Gasteiger partial charge < -0.3 is 19.7 Å². The molecule has 284 valence electrons. The fourth-order valence-electron chi connectivity index (χ4n) is 7.78. The lowest BCUT2D eigenvalue weighted by Crippen LogP contribution is -2.54. The molecule has 3 saturated carbocycles. The number of aryl methyl sites for hydroxylation is 1. The zero-order chi connectivity index (χ0) is 37.7. The molecule has 4 aliphatic rings. The molecule has 3 fully saturated rings. The highest BCUT2D eigenvalue weighted by molar-refractivity contribution is 7.91. The number of rotatable bonds is 9. The van der Waals surface area contributed by atoms with Crippen molar-refractivity contribution in [1.29, 1.82) is 0 Å². The van der Waals surface area contributed by atoms with Gasteiger partial charge in [0.1, 0.15) is 33.8 Å². The third-order valence-corrected chi connectivity index (χ3v) is 13.9. The Kier molecular flexibility index (Phi) is 10.3. The van der Waals surface area contributed by atoms with Crippen molar-refractivity contribution >= 4 is 50.0 Å². The second-order valence-electron chi connectivity index (χ2n) is 15.3. The third kappa shape index (κ3) is 7.41. The van der Waals surface area contributed by atoms with Crippen LogP contribution in [0.4, 0.5) is 0 Å². The van der Waals surface area contributed by atoms with Gasteiger partial charge in [0.05, 0.1) is 35.4 Å². The summed E-state index contributed by atoms with van der Waals surface area (Å²) in [5.74, 6) is -1.58. The molecule has 3 amide bonds. The van der Waals surface area contributed by atoms with Crippen LogP contribution in [0.3, 0.4) is 0 Å². The summed E-state index contributed by atoms with van der Waals surface area (Å²) < 4.78 is 40.4. The smallest absolute Gasteiger partial charge is 0.259 e. The molecule has 53 heavy (non-hydrogen) atoms. The van der Waals surface area contributed by atoms with Crippen molar-refractivity contribution in [2.45, 2.75) is 101 Å². The number of nitrogens with zero attached hydrogens (tertiary/aromatic N) is 3. The van der Waals surface area contributed by atoms with E-state index in [4.69, 9.17) is 19.4 Å². The van der Waals surface area contributed by atoms with Gasteiger partial charge in [-0.1, -0.05) is 32.9 Å². The fraction of sp³-hybridized carbons (Fsp3) is 0.564. The standard InChI is InChI=1S/C39H49N5O7S2/c1-6-26-32(50-5)15-14-27-33(19-30(40-34(26)27)36-41-31(21-52-36)22(2)3)51-24-17-28-29(18-24)37(46)44(4)16-10-8-7-9-11-23-20-39(23,42-35(28)45)38(47)43-53(48,49)25-12-13-25/h9,11,14-15,19,21-25,28-29H,6-8,10,12-13,16-18,20H2,1-5H3,(H,42,45)(H,43,47)/b11-9-/t23-,24+,28+,29+,39-/m0/s1. The number of benzene rings is 1. The number of fused-ring (bicyclic) bond motifs is 3. The van der Waals surface area contributed by atoms with Gasteiger partial charge >= 0.3 is 0 Å². The number of nitrogens with one attached hydrogen (secondary N) is 2. The largest absolute Gasteiger partial charge is 0.496 e. The van der Waals surface area contributed by atoms with E-state index in [1.165, 1.54) is 11.3 Å². The zero-order valence-corrected chi connectivity index (χ0v) is 32.6. The molecule has 1 aromatic carbocycles. The van der Waals surface area contributed by atoms with E-state index < -0.39 is 50.6 Å². The van der Waals surface area contributed by atoms with Gasteiger partial charge in [0, 0.05) is 41.9 Å². The SMILES string of the molecule is CCc1c(OC)ccc2c(O[C@@H]3C[C@H]4C(=O)N[C@@]5(C(=O)NS(=O)(=O)C6CC6)C[C@@H]5/C=C\CCCCN(C)C(=O)[C@@H]4C3)cc(-c3nc(C(C)C)cs3)nc12. The van der Waals surface area contributed by atoms with Crippen LogP contribution >= 0.6 is 11.3 Å². The number of allylic oxidation sites excluding steroid dienone is 1. The molecule has 7 rings (SSSR count). The van der Waals surface area contributed by atoms with E-state index in [9.17, 15) is 22.8 Å². The molecule has 0 saturated heterocycles. The summed E-state index contributed by atoms with van der Waals surface area (Å²) in [6.07, 6.45) is 8.30. The maximum Gasteiger partial charge on any atom is 0.259 e. The minimum absolute atomic E-state index is 0.145. The van der Waals surface area contributed by atoms with Crippen LogP contribution < -0.4 is 19.5 Å². The molecule has 14 heteroatoms. The molecular weight excluding hydrogens is 715 g/mol. The molecule has 2 aromatic heterocycles. The predicted molar refractivity (Wildman–Crippen MR) is 203 cm³/mol. The Morgan fingerprint density at radius 1 is 1.13 bits per heavy atom. The van der Waals surface area contributed by atoms with E-state index in [-0.39, 0.29) is 30.6 Å². The average molecular weight is 764 g/mol. The van der Waals surface area contributed by atoms with Crippen molar-refractivity contribution in [3.8, 4) is 22.2 Å². The van der Waals surface area contributed by atoms with E-state index in [0.717, 1.165) is 52.2 Å². The minimum Gasteiger partial charge on any atom is -0.496 e. The summed E-state index contributed by atoms with van der Waals surface area (Å²) in [7, 11) is -0.423. The predicted octanol–water partition coefficient (Wildman–Crippen LogP) is 5.51. The summed E-state index contributed by atoms with van der Waals surface area (Å²) in [6, 6.07) is 5.73. The van der Waals surface area contributed by atoms with E-state index in [1.54, 1.807) is 19.1 Å². The highest BCUT2D eigenvalue weighted by atomic mass is 32.2. The molecule has 5 atom stereocenters. The Bertz CT molecular complexity index is 2060. The van der Waals surface area contributed by atoms with Gasteiger partial charge in [-0.25, -0.2) is 18.4 Å². The molecular formula is C39H49N5O7S2. The number of methoxy groups -OCH3 is 1. The lowest BCUT2D eigenvalue weighted by molar-refractivity contribution is -0.140. The number of ether oxygens (including phenoxy) is 2. The molecule has 0 radical (unpaired) electrons. The molecule has 3 aromatic rings. The second-order valence-corrected chi connectivity index (χ2v) is 18.1. The Morgan fingerprint density at radius 2 is 1.91 bits per heavy atom. The summed E-state index contributed by atoms with van der Waals surface area (Å²) in [5, 5.41) is 5.99. The van der Waals surface area contributed by atoms with Crippen LogP contribution in [-0.2, 0) is 30.8 Å². The van der Waals surface area contributed by atoms with Crippen molar-refractivity contribution < 1.29 is 32.3 Å². The van der Waals surface area contributed by atoms with E-state index in [0.29, 0.717) is 43.7 Å². The zero-order valence-electron chi connectivity index (χ0n) is 31.0. The highest BCUT2D eigenvalue weighted by Gasteiger charge is 2.62. The van der Waals surface area contributed by atoms with E-state index in [2.05, 4.69) is 30.8 Å². The van der Waals surface area contributed by atoms with Crippen molar-refractivity contribution in [2.24, 2.45) is 17.8 Å². The first kappa shape index (κ1) is 37.3. The first-order valence-corrected chi connectivity index (χ1v) is 21.2. The van der Waals surface area contributed by atoms with E-state index >= 15 is 0 Å². The Labute approximate surface area is 315 Å². The van der Waals surface area contributed by atoms with Crippen LogP contribution in [-0.4, -0.2) is 78.6 Å². The lowest BCUT2D eigenvalue weighted by Gasteiger charge is -2.26. The minimum atomic E-state index is -3.83. The fourth-order valence-corrected chi connectivity index (χ4v) is 10.1. The van der Waals surface area contributed by atoms with Crippen LogP contribution in [0, 0.1) is 17.8 Å². The summed E-state index contributed by atoms with van der Waals surface area (Å²) in [4.78, 5) is 53.7. The number of aromatic nitrogens is 2. The number of sulfonamides is 1. The average Bonchev–Trinajstić information content (AvgIpc) is 4.01. The van der Waals surface area contributed by atoms with Crippen molar-refractivity contribution in [3.63, 3.8) is 0 Å². The Balaban J connectivity index is 1.22. The topological polar surface area (TPSA) is 157 Å². The lowest BCUT2D eigenvalue weighted by atomic mass is 9.93. The number of amides is 3. The molecule has 12 nitrogen and oxygen atoms in total. The van der Waals surface area contributed by atoms with Gasteiger partial charge in [-0.3, -0.25) is 19.1 Å². The van der Waals surface area contributed by atoms with Gasteiger partial charge in [0.15, 0.2) is 0 Å². The van der Waals surface area contributed by atoms with Crippen LogP contribution in [0.1, 0.15) is 89.3 Å². The number of carbonyl (C=O) groups excluding carboxylic acids is 3. The second kappa shape index (κ2) is 14.7. The molecule has 1 aliphatic heterocycles. The van der Waals surface area contributed by atoms with Crippen molar-refractivity contribution in [2.75, 3.05) is 20.7 Å². The van der Waals surface area contributed by atoms with Gasteiger partial charge in [-0.05, 0) is 75.8 Å². The quantitative estimate of drug-likeness (QED) is 0.269. The molecule has 3 heterocycles. The van der Waals surface area contributed by atoms with Gasteiger partial charge in [-0.2, -0.15) is 0 Å². The number of thiazole rings is 1. The Morgan fingerprint density at radius 3 is 2.60 bits per heavy atom. The van der Waals surface area contributed by atoms with Gasteiger partial charge in [0.25, 0.3) is 5.91 Å². The van der Waals surface area contributed by atoms with Crippen LogP contribution in [0.25, 0.3) is 21.6 Å². The number of hydrogen-bond acceptors (Lipinski definition) is 10. The number of pyridine rings is 1. The van der Waals surface area contributed by atoms with E-state index in [1.807, 2.05) is 35.7 Å². The van der Waals surface area contributed by atoms with Crippen LogP contribution in [0.2, 0.25) is 0 Å². The molecule has 0 unspecified atom stereocenters. The monoisotopic (exact) mass is 763 g/mol. The van der Waals surface area contributed by atoms with Gasteiger partial charge in [0.2, 0.25) is 21.8 Å². The molecule has 3 aliphatic carbocycles. The van der Waals surface area contributed by atoms with Crippen molar-refractivity contribution in [3.05, 3.63) is 47.0 Å². The summed E-state index contributed by atoms with van der Waals surface area (Å²) in [6.45, 7) is 6.81. The summed E-state index contributed by atoms with van der Waals surface area (Å²) >= 11 is 1.52. The maximum absolute atomic E-state index is 14.3. The van der Waals surface area contributed by atoms with Crippen molar-refractivity contribution in [1.82, 2.24) is 24.9 Å². The van der Waals surface area contributed by atoms with Crippen LogP contribution in [0.5, 0.6) is 11.5 Å². The first-order chi connectivity index (χ1) is 25.3. The third-order valence-electron chi connectivity index (χ3n) is 11.2. The molecule has 2 N–H and O–H groups in total. The maximum atomic E-state index is 14.3. The van der Waals surface area contributed by atoms with Crippen LogP contribution in [0.15, 0.2) is 35.7 Å². The molecule has 0 bridgehead atoms. The Hall–Kier alpha value is -4.04. The molecule has 0 spiro atoms. The normalized spacial score (nSPS) is 27.1. The summed E-state index contributed by atoms with van der Waals surface area (Å²) in [5.41, 5.74) is 1.93. The highest BCUT2D eigenvalue weighted by Crippen LogP contribution is 2.47. The number of carbonyl (C=O) groups is 3. The number of hydrogen-bond donors (Lipinski definition) is 2. The van der Waals surface area contributed by atoms with Gasteiger partial charge in [-0.15, -0.1) is 11.3 Å².